The molecule has 0 aliphatic rings. The van der Waals surface area contributed by atoms with E-state index in [1.54, 1.807) is 6.07 Å². The van der Waals surface area contributed by atoms with Crippen molar-refractivity contribution in [1.29, 1.82) is 10.5 Å². The first-order valence-electron chi connectivity index (χ1n) is 7.84. The molecule has 0 bridgehead atoms. The number of hydrogen-bond acceptors (Lipinski definition) is 4. The molecule has 0 fully saturated rings. The van der Waals surface area contributed by atoms with Gasteiger partial charge in [0.1, 0.15) is 12.1 Å². The van der Waals surface area contributed by atoms with E-state index in [1.807, 2.05) is 26.0 Å². The second-order valence-electron chi connectivity index (χ2n) is 5.56. The Bertz CT molecular complexity index is 550. The number of benzene rings is 1. The SMILES string of the molecule is CCN(CC)CC(COC(C)C)c1cccc(C#N)c1C#N. The summed E-state index contributed by atoms with van der Waals surface area (Å²) in [5.74, 6) is 0.0882. The fourth-order valence-corrected chi connectivity index (χ4v) is 2.47. The van der Waals surface area contributed by atoms with Gasteiger partial charge in [-0.3, -0.25) is 0 Å². The maximum Gasteiger partial charge on any atom is 0.101 e. The van der Waals surface area contributed by atoms with Crippen LogP contribution in [-0.4, -0.2) is 37.2 Å². The molecule has 0 saturated carbocycles. The van der Waals surface area contributed by atoms with E-state index in [9.17, 15) is 10.5 Å². The topological polar surface area (TPSA) is 60.0 Å². The second kappa shape index (κ2) is 9.20. The van der Waals surface area contributed by atoms with E-state index in [2.05, 4.69) is 30.9 Å². The lowest BCUT2D eigenvalue weighted by molar-refractivity contribution is 0.0597. The molecular weight excluding hydrogens is 274 g/mol. The molecule has 4 heteroatoms. The van der Waals surface area contributed by atoms with Crippen LogP contribution in [0.2, 0.25) is 0 Å². The zero-order chi connectivity index (χ0) is 16.5. The van der Waals surface area contributed by atoms with Gasteiger partial charge in [-0.25, -0.2) is 0 Å². The highest BCUT2D eigenvalue weighted by Gasteiger charge is 2.20. The number of likely N-dealkylation sites (N-methyl/N-ethyl adjacent to an activating group) is 1. The van der Waals surface area contributed by atoms with Gasteiger partial charge in [0.2, 0.25) is 0 Å². The predicted molar refractivity (Wildman–Crippen MR) is 87.5 cm³/mol. The highest BCUT2D eigenvalue weighted by Crippen LogP contribution is 2.24. The van der Waals surface area contributed by atoms with Crippen LogP contribution in [-0.2, 0) is 4.74 Å². The van der Waals surface area contributed by atoms with Crippen LogP contribution in [0.3, 0.4) is 0 Å². The average molecular weight is 299 g/mol. The molecule has 1 aromatic rings. The first-order chi connectivity index (χ1) is 10.6. The normalized spacial score (nSPS) is 12.2. The molecule has 0 aliphatic heterocycles. The Morgan fingerprint density at radius 1 is 1.14 bits per heavy atom. The van der Waals surface area contributed by atoms with Crippen molar-refractivity contribution in [2.75, 3.05) is 26.2 Å². The van der Waals surface area contributed by atoms with E-state index in [0.717, 1.165) is 25.2 Å². The maximum atomic E-state index is 9.45. The number of nitriles is 2. The molecular formula is C18H25N3O. The van der Waals surface area contributed by atoms with Gasteiger partial charge in [0.25, 0.3) is 0 Å². The van der Waals surface area contributed by atoms with Crippen molar-refractivity contribution < 1.29 is 4.74 Å². The Morgan fingerprint density at radius 3 is 2.32 bits per heavy atom. The molecule has 0 heterocycles. The smallest absolute Gasteiger partial charge is 0.101 e. The Balaban J connectivity index is 3.15. The molecule has 0 N–H and O–H groups in total. The Kier molecular flexibility index (Phi) is 7.60. The van der Waals surface area contributed by atoms with Gasteiger partial charge in [-0.05, 0) is 38.6 Å². The molecule has 22 heavy (non-hydrogen) atoms. The predicted octanol–water partition coefficient (Wildman–Crippen LogP) is 3.28. The van der Waals surface area contributed by atoms with Crippen molar-refractivity contribution in [3.05, 3.63) is 34.9 Å². The van der Waals surface area contributed by atoms with Gasteiger partial charge in [0.05, 0.1) is 23.8 Å². The van der Waals surface area contributed by atoms with Crippen LogP contribution in [0.25, 0.3) is 0 Å². The summed E-state index contributed by atoms with van der Waals surface area (Å²) in [6, 6.07) is 9.79. The van der Waals surface area contributed by atoms with E-state index in [1.165, 1.54) is 0 Å². The molecule has 0 saturated heterocycles. The summed E-state index contributed by atoms with van der Waals surface area (Å²) in [5, 5.41) is 18.7. The molecule has 0 radical (unpaired) electrons. The van der Waals surface area contributed by atoms with E-state index < -0.39 is 0 Å². The summed E-state index contributed by atoms with van der Waals surface area (Å²) < 4.78 is 5.80. The fourth-order valence-electron chi connectivity index (χ4n) is 2.47. The van der Waals surface area contributed by atoms with Gasteiger partial charge in [0.15, 0.2) is 0 Å². The monoisotopic (exact) mass is 299 g/mol. The van der Waals surface area contributed by atoms with Crippen LogP contribution in [0.4, 0.5) is 0 Å². The number of nitrogens with zero attached hydrogens (tertiary/aromatic N) is 3. The first-order valence-corrected chi connectivity index (χ1v) is 7.84. The van der Waals surface area contributed by atoms with Crippen LogP contribution in [0, 0.1) is 22.7 Å². The summed E-state index contributed by atoms with van der Waals surface area (Å²) in [5.41, 5.74) is 1.83. The van der Waals surface area contributed by atoms with E-state index >= 15 is 0 Å². The van der Waals surface area contributed by atoms with Gasteiger partial charge in [-0.1, -0.05) is 26.0 Å². The summed E-state index contributed by atoms with van der Waals surface area (Å²) in [6.07, 6.45) is 0.142. The van der Waals surface area contributed by atoms with Crippen LogP contribution < -0.4 is 0 Å². The van der Waals surface area contributed by atoms with Crippen LogP contribution in [0.5, 0.6) is 0 Å². The maximum absolute atomic E-state index is 9.45. The highest BCUT2D eigenvalue weighted by molar-refractivity contribution is 5.51. The molecule has 0 aliphatic carbocycles. The fraction of sp³-hybridized carbons (Fsp3) is 0.556. The second-order valence-corrected chi connectivity index (χ2v) is 5.56. The molecule has 1 unspecified atom stereocenters. The highest BCUT2D eigenvalue weighted by atomic mass is 16.5. The van der Waals surface area contributed by atoms with Gasteiger partial charge in [0, 0.05) is 12.5 Å². The van der Waals surface area contributed by atoms with Crippen molar-refractivity contribution in [3.8, 4) is 12.1 Å². The van der Waals surface area contributed by atoms with E-state index in [4.69, 9.17) is 4.74 Å². The first kappa shape index (κ1) is 18.2. The minimum absolute atomic E-state index is 0.0882. The van der Waals surface area contributed by atoms with Crippen LogP contribution >= 0.6 is 0 Å². The summed E-state index contributed by atoms with van der Waals surface area (Å²) in [6.45, 7) is 11.5. The molecule has 1 aromatic carbocycles. The third-order valence-corrected chi connectivity index (χ3v) is 3.77. The van der Waals surface area contributed by atoms with E-state index in [-0.39, 0.29) is 12.0 Å². The van der Waals surface area contributed by atoms with Gasteiger partial charge in [-0.2, -0.15) is 10.5 Å². The minimum atomic E-state index is 0.0882. The molecule has 0 amide bonds. The molecule has 1 rings (SSSR count). The lowest BCUT2D eigenvalue weighted by Gasteiger charge is -2.27. The number of ether oxygens (including phenoxy) is 1. The Labute approximate surface area is 133 Å². The lowest BCUT2D eigenvalue weighted by atomic mass is 9.91. The van der Waals surface area contributed by atoms with Crippen molar-refractivity contribution in [3.63, 3.8) is 0 Å². The largest absolute Gasteiger partial charge is 0.378 e. The summed E-state index contributed by atoms with van der Waals surface area (Å²) in [4.78, 5) is 2.31. The Morgan fingerprint density at radius 2 is 1.82 bits per heavy atom. The quantitative estimate of drug-likeness (QED) is 0.739. The molecule has 118 valence electrons. The molecule has 0 spiro atoms. The van der Waals surface area contributed by atoms with Crippen molar-refractivity contribution in [2.45, 2.75) is 39.7 Å². The zero-order valence-corrected chi connectivity index (χ0v) is 14.0. The third-order valence-electron chi connectivity index (χ3n) is 3.77. The average Bonchev–Trinajstić information content (AvgIpc) is 2.54. The van der Waals surface area contributed by atoms with Gasteiger partial charge in [-0.15, -0.1) is 0 Å². The lowest BCUT2D eigenvalue weighted by Crippen LogP contribution is -2.31. The zero-order valence-electron chi connectivity index (χ0n) is 14.0. The summed E-state index contributed by atoms with van der Waals surface area (Å²) in [7, 11) is 0. The van der Waals surface area contributed by atoms with Crippen LogP contribution in [0.1, 0.15) is 50.3 Å². The Hall–Kier alpha value is -1.88. The van der Waals surface area contributed by atoms with Crippen molar-refractivity contribution >= 4 is 0 Å². The van der Waals surface area contributed by atoms with Gasteiger partial charge >= 0.3 is 0 Å². The van der Waals surface area contributed by atoms with E-state index in [0.29, 0.717) is 17.7 Å². The standard InChI is InChI=1S/C18H25N3O/c1-5-21(6-2)12-16(13-22-14(3)4)17-9-7-8-15(10-19)18(17)11-20/h7-9,14,16H,5-6,12-13H2,1-4H3. The minimum Gasteiger partial charge on any atom is -0.378 e. The molecule has 4 nitrogen and oxygen atoms in total. The number of rotatable bonds is 8. The van der Waals surface area contributed by atoms with Crippen molar-refractivity contribution in [2.24, 2.45) is 0 Å². The van der Waals surface area contributed by atoms with Crippen LogP contribution in [0.15, 0.2) is 18.2 Å². The summed E-state index contributed by atoms with van der Waals surface area (Å²) >= 11 is 0. The number of hydrogen-bond donors (Lipinski definition) is 0. The van der Waals surface area contributed by atoms with Gasteiger partial charge < -0.3 is 9.64 Å². The van der Waals surface area contributed by atoms with Crippen molar-refractivity contribution in [1.82, 2.24) is 4.90 Å². The third kappa shape index (κ3) is 4.84. The molecule has 0 aromatic heterocycles. The molecule has 1 atom stereocenters.